The molecular formula is C30H45O3PS. The summed E-state index contributed by atoms with van der Waals surface area (Å²) in [6.07, 6.45) is 24.0. The van der Waals surface area contributed by atoms with Crippen molar-refractivity contribution in [2.24, 2.45) is 53.3 Å². The van der Waals surface area contributed by atoms with E-state index < -0.39 is 6.72 Å². The molecule has 0 unspecified atom stereocenters. The summed E-state index contributed by atoms with van der Waals surface area (Å²) in [6, 6.07) is 0. The van der Waals surface area contributed by atoms with Crippen molar-refractivity contribution in [3.8, 4) is 0 Å². The SMILES string of the molecule is S=P(OC12CC3CC(CC(C3)C1)C2)(OC12CC3CC(CC(C3)C1)C2)OC12CC3CC(CC(C3)C1)C2. The van der Waals surface area contributed by atoms with Crippen LogP contribution in [0.4, 0.5) is 0 Å². The van der Waals surface area contributed by atoms with Crippen molar-refractivity contribution >= 4 is 18.5 Å². The van der Waals surface area contributed by atoms with Crippen LogP contribution in [0.15, 0.2) is 0 Å². The lowest BCUT2D eigenvalue weighted by Gasteiger charge is -2.61. The van der Waals surface area contributed by atoms with E-state index in [4.69, 9.17) is 25.4 Å². The molecule has 0 atom stereocenters. The van der Waals surface area contributed by atoms with Gasteiger partial charge in [0.05, 0.1) is 16.8 Å². The van der Waals surface area contributed by atoms with Crippen molar-refractivity contribution in [2.75, 3.05) is 0 Å². The summed E-state index contributed by atoms with van der Waals surface area (Å²) in [6.45, 7) is -2.83. The molecule has 12 saturated carbocycles. The van der Waals surface area contributed by atoms with Gasteiger partial charge in [-0.15, -0.1) is 0 Å². The Morgan fingerprint density at radius 3 is 0.714 bits per heavy atom. The Hall–Kier alpha value is 0.530. The second-order valence-electron chi connectivity index (χ2n) is 16.0. The summed E-state index contributed by atoms with van der Waals surface area (Å²) in [5.41, 5.74) is -0.0986. The molecule has 12 fully saturated rings. The Kier molecular flexibility index (Phi) is 4.71. The van der Waals surface area contributed by atoms with Crippen LogP contribution in [0.25, 0.3) is 0 Å². The van der Waals surface area contributed by atoms with Gasteiger partial charge >= 0.3 is 6.72 Å². The lowest BCUT2D eigenvalue weighted by Crippen LogP contribution is -2.55. The van der Waals surface area contributed by atoms with Crippen molar-refractivity contribution in [3.05, 3.63) is 0 Å². The minimum absolute atomic E-state index is 0.0329. The van der Waals surface area contributed by atoms with Crippen LogP contribution in [0, 0.1) is 53.3 Å². The maximum absolute atomic E-state index is 7.40. The van der Waals surface area contributed by atoms with Gasteiger partial charge in [0.25, 0.3) is 0 Å². The Morgan fingerprint density at radius 1 is 0.371 bits per heavy atom. The topological polar surface area (TPSA) is 27.7 Å². The van der Waals surface area contributed by atoms with Gasteiger partial charge < -0.3 is 13.6 Å². The quantitative estimate of drug-likeness (QED) is 0.333. The molecule has 0 aromatic heterocycles. The lowest BCUT2D eigenvalue weighted by atomic mass is 9.54. The number of hydrogen-bond acceptors (Lipinski definition) is 4. The van der Waals surface area contributed by atoms with Crippen LogP contribution in [0.1, 0.15) is 116 Å². The van der Waals surface area contributed by atoms with Gasteiger partial charge in [-0.2, -0.15) is 0 Å². The molecule has 12 aliphatic rings. The summed E-state index contributed by atoms with van der Waals surface area (Å²) in [4.78, 5) is 0. The highest BCUT2D eigenvalue weighted by atomic mass is 32.5. The van der Waals surface area contributed by atoms with E-state index in [1.807, 2.05) is 0 Å². The third-order valence-electron chi connectivity index (χ3n) is 12.9. The number of hydrogen-bond donors (Lipinski definition) is 0. The van der Waals surface area contributed by atoms with Crippen LogP contribution >= 0.6 is 6.72 Å². The molecule has 12 aliphatic carbocycles. The average molecular weight is 517 g/mol. The fraction of sp³-hybridized carbons (Fsp3) is 1.00. The van der Waals surface area contributed by atoms with Crippen molar-refractivity contribution < 1.29 is 13.6 Å². The average Bonchev–Trinajstić information content (AvgIpc) is 2.68. The van der Waals surface area contributed by atoms with Crippen molar-refractivity contribution in [1.29, 1.82) is 0 Å². The molecule has 0 spiro atoms. The molecular weight excluding hydrogens is 471 g/mol. The van der Waals surface area contributed by atoms with Crippen LogP contribution in [-0.4, -0.2) is 16.8 Å². The van der Waals surface area contributed by atoms with Crippen LogP contribution in [0.2, 0.25) is 0 Å². The largest absolute Gasteiger partial charge is 0.328 e. The molecule has 0 heterocycles. The first-order valence-electron chi connectivity index (χ1n) is 15.5. The highest BCUT2D eigenvalue weighted by Gasteiger charge is 2.60. The second kappa shape index (κ2) is 7.38. The summed E-state index contributed by atoms with van der Waals surface area (Å²) >= 11 is 6.65. The molecule has 0 aliphatic heterocycles. The second-order valence-corrected chi connectivity index (χ2v) is 18.8. The standard InChI is InChI=1S/C30H45O3PS/c35-34(31-28-10-19-1-20(11-28)3-21(2-19)12-28,32-29-13-22-4-23(14-29)6-24(5-22)15-29)33-30-16-25-7-26(17-30)9-27(8-25)18-30/h19-27H,1-18H2. The number of rotatable bonds is 6. The van der Waals surface area contributed by atoms with Crippen LogP contribution in [0.3, 0.4) is 0 Å². The molecule has 12 bridgehead atoms. The maximum atomic E-state index is 7.40. The smallest absolute Gasteiger partial charge is 0.302 e. The minimum Gasteiger partial charge on any atom is -0.302 e. The van der Waals surface area contributed by atoms with E-state index in [9.17, 15) is 0 Å². The van der Waals surface area contributed by atoms with Crippen molar-refractivity contribution in [1.82, 2.24) is 0 Å². The molecule has 0 amide bonds. The molecule has 5 heteroatoms. The van der Waals surface area contributed by atoms with Crippen LogP contribution < -0.4 is 0 Å². The van der Waals surface area contributed by atoms with E-state index in [0.29, 0.717) is 0 Å². The Bertz CT molecular complexity index is 735. The van der Waals surface area contributed by atoms with Gasteiger partial charge in [-0.05, 0) is 181 Å². The van der Waals surface area contributed by atoms with Crippen LogP contribution in [-0.2, 0) is 25.4 Å². The Labute approximate surface area is 217 Å². The first-order valence-corrected chi connectivity index (χ1v) is 18.1. The van der Waals surface area contributed by atoms with Gasteiger partial charge in [0.15, 0.2) is 0 Å². The van der Waals surface area contributed by atoms with Crippen molar-refractivity contribution in [3.63, 3.8) is 0 Å². The third kappa shape index (κ3) is 3.69. The first kappa shape index (κ1) is 22.4. The zero-order chi connectivity index (χ0) is 23.0. The molecule has 12 rings (SSSR count). The summed E-state index contributed by atoms with van der Waals surface area (Å²) in [5.74, 6) is 7.78. The summed E-state index contributed by atoms with van der Waals surface area (Å²) in [5, 5.41) is 0. The fourth-order valence-corrected chi connectivity index (χ4v) is 16.8. The van der Waals surface area contributed by atoms with Crippen molar-refractivity contribution in [2.45, 2.75) is 132 Å². The zero-order valence-electron chi connectivity index (χ0n) is 21.5. The molecule has 0 N–H and O–H groups in total. The van der Waals surface area contributed by atoms with E-state index in [-0.39, 0.29) is 16.8 Å². The van der Waals surface area contributed by atoms with E-state index in [2.05, 4.69) is 0 Å². The predicted octanol–water partition coefficient (Wildman–Crippen LogP) is 8.17. The highest BCUT2D eigenvalue weighted by molar-refractivity contribution is 8.07. The molecule has 0 radical (unpaired) electrons. The van der Waals surface area contributed by atoms with E-state index in [0.717, 1.165) is 53.3 Å². The van der Waals surface area contributed by atoms with Gasteiger partial charge in [-0.25, -0.2) is 0 Å². The fourth-order valence-electron chi connectivity index (χ4n) is 13.2. The van der Waals surface area contributed by atoms with E-state index in [1.54, 1.807) is 0 Å². The zero-order valence-corrected chi connectivity index (χ0v) is 23.2. The van der Waals surface area contributed by atoms with Gasteiger partial charge in [0, 0.05) is 0 Å². The molecule has 194 valence electrons. The summed E-state index contributed by atoms with van der Waals surface area (Å²) in [7, 11) is 0. The first-order chi connectivity index (χ1) is 16.8. The lowest BCUT2D eigenvalue weighted by molar-refractivity contribution is -0.168. The predicted molar refractivity (Wildman–Crippen MR) is 140 cm³/mol. The van der Waals surface area contributed by atoms with E-state index >= 15 is 0 Å². The molecule has 0 aromatic carbocycles. The van der Waals surface area contributed by atoms with Gasteiger partial charge in [-0.1, -0.05) is 0 Å². The maximum Gasteiger partial charge on any atom is 0.328 e. The summed E-state index contributed by atoms with van der Waals surface area (Å²) < 4.78 is 22.2. The Balaban J connectivity index is 1.06. The molecule has 0 saturated heterocycles. The third-order valence-corrected chi connectivity index (χ3v) is 15.4. The van der Waals surface area contributed by atoms with Crippen LogP contribution in [0.5, 0.6) is 0 Å². The Morgan fingerprint density at radius 2 is 0.543 bits per heavy atom. The molecule has 35 heavy (non-hydrogen) atoms. The normalized spacial score (nSPS) is 60.4. The van der Waals surface area contributed by atoms with Gasteiger partial charge in [0.2, 0.25) is 0 Å². The van der Waals surface area contributed by atoms with E-state index in [1.165, 1.54) is 116 Å². The molecule has 0 aromatic rings. The van der Waals surface area contributed by atoms with Gasteiger partial charge in [0.1, 0.15) is 0 Å². The molecule has 3 nitrogen and oxygen atoms in total. The monoisotopic (exact) mass is 516 g/mol. The minimum atomic E-state index is -2.83. The highest BCUT2D eigenvalue weighted by Crippen LogP contribution is 2.71. The van der Waals surface area contributed by atoms with Gasteiger partial charge in [-0.3, -0.25) is 0 Å².